The molecule has 1 N–H and O–H groups in total. The van der Waals surface area contributed by atoms with Crippen LogP contribution in [-0.4, -0.2) is 34.7 Å². The first-order chi connectivity index (χ1) is 5.31. The van der Waals surface area contributed by atoms with Crippen molar-refractivity contribution in [2.75, 3.05) is 0 Å². The number of hydrogen-bond acceptors (Lipinski definition) is 1. The maximum atomic E-state index is 9.21. The van der Waals surface area contributed by atoms with E-state index < -0.39 is 0 Å². The van der Waals surface area contributed by atoms with Crippen molar-refractivity contribution in [3.63, 3.8) is 0 Å². The summed E-state index contributed by atoms with van der Waals surface area (Å²) in [5, 5.41) is 9.21. The third kappa shape index (κ3) is 10.5. The van der Waals surface area contributed by atoms with E-state index in [4.69, 9.17) is 0 Å². The average molecular weight is 180 g/mol. The van der Waals surface area contributed by atoms with Gasteiger partial charge in [0.05, 0.1) is 5.76 Å². The molecule has 2 heteroatoms. The summed E-state index contributed by atoms with van der Waals surface area (Å²) >= 11 is 0. The second-order valence-corrected chi connectivity index (χ2v) is 2.91. The molecule has 0 saturated carbocycles. The van der Waals surface area contributed by atoms with Crippen LogP contribution in [0.15, 0.2) is 11.8 Å². The molecule has 0 atom stereocenters. The molecule has 0 aromatic rings. The van der Waals surface area contributed by atoms with Crippen LogP contribution in [0.1, 0.15) is 52.4 Å². The zero-order valence-electron chi connectivity index (χ0n) is 7.77. The van der Waals surface area contributed by atoms with E-state index in [1.807, 2.05) is 13.0 Å². The first-order valence-electron chi connectivity index (χ1n) is 4.69. The fourth-order valence-corrected chi connectivity index (χ4v) is 1.07. The Labute approximate surface area is 98.5 Å². The first-order valence-corrected chi connectivity index (χ1v) is 4.69. The van der Waals surface area contributed by atoms with Gasteiger partial charge < -0.3 is 5.11 Å². The summed E-state index contributed by atoms with van der Waals surface area (Å²) < 4.78 is 0. The molecule has 0 aromatic carbocycles. The van der Waals surface area contributed by atoms with Gasteiger partial charge in [0.15, 0.2) is 0 Å². The van der Waals surface area contributed by atoms with E-state index in [9.17, 15) is 5.11 Å². The van der Waals surface area contributed by atoms with E-state index in [1.165, 1.54) is 19.3 Å². The summed E-state index contributed by atoms with van der Waals surface area (Å²) in [5.74, 6) is 0.573. The molecule has 0 fully saturated rings. The monoisotopic (exact) mass is 180 g/mol. The SMILES string of the molecule is CCC=C(O)CCCCCC.[NaH]. The van der Waals surface area contributed by atoms with Crippen molar-refractivity contribution in [1.82, 2.24) is 0 Å². The first kappa shape index (κ1) is 15.0. The minimum atomic E-state index is 0. The van der Waals surface area contributed by atoms with Gasteiger partial charge in [0.2, 0.25) is 0 Å². The van der Waals surface area contributed by atoms with Gasteiger partial charge in [-0.2, -0.15) is 0 Å². The Kier molecular flexibility index (Phi) is 14.5. The molecule has 1 nitrogen and oxygen atoms in total. The summed E-state index contributed by atoms with van der Waals surface area (Å²) in [6.45, 7) is 4.24. The fraction of sp³-hybridized carbons (Fsp3) is 0.800. The molecule has 0 amide bonds. The van der Waals surface area contributed by atoms with Crippen molar-refractivity contribution in [1.29, 1.82) is 0 Å². The van der Waals surface area contributed by atoms with Crippen molar-refractivity contribution in [2.24, 2.45) is 0 Å². The molecule has 12 heavy (non-hydrogen) atoms. The van der Waals surface area contributed by atoms with E-state index in [0.29, 0.717) is 5.76 Å². The molecule has 0 bridgehead atoms. The Bertz CT molecular complexity index is 110. The zero-order chi connectivity index (χ0) is 8.53. The molecular formula is C10H21NaO. The van der Waals surface area contributed by atoms with Gasteiger partial charge >= 0.3 is 29.6 Å². The van der Waals surface area contributed by atoms with Crippen LogP contribution < -0.4 is 0 Å². The van der Waals surface area contributed by atoms with Gasteiger partial charge in [0, 0.05) is 6.42 Å². The van der Waals surface area contributed by atoms with E-state index in [2.05, 4.69) is 6.92 Å². The molecule has 0 aliphatic heterocycles. The number of unbranched alkanes of at least 4 members (excludes halogenated alkanes) is 3. The number of rotatable bonds is 6. The van der Waals surface area contributed by atoms with Crippen LogP contribution in [0.2, 0.25) is 0 Å². The molecule has 0 aliphatic rings. The third-order valence-corrected chi connectivity index (χ3v) is 1.73. The molecule has 0 radical (unpaired) electrons. The van der Waals surface area contributed by atoms with Crippen molar-refractivity contribution < 1.29 is 5.11 Å². The Morgan fingerprint density at radius 2 is 1.83 bits per heavy atom. The molecule has 0 aliphatic carbocycles. The summed E-state index contributed by atoms with van der Waals surface area (Å²) in [7, 11) is 0. The van der Waals surface area contributed by atoms with Crippen molar-refractivity contribution in [3.8, 4) is 0 Å². The fourth-order valence-electron chi connectivity index (χ4n) is 1.07. The minimum absolute atomic E-state index is 0. The van der Waals surface area contributed by atoms with Gasteiger partial charge in [-0.1, -0.05) is 33.1 Å². The van der Waals surface area contributed by atoms with E-state index in [-0.39, 0.29) is 29.6 Å². The van der Waals surface area contributed by atoms with Crippen molar-refractivity contribution in [3.05, 3.63) is 11.8 Å². The predicted molar refractivity (Wildman–Crippen MR) is 56.9 cm³/mol. The van der Waals surface area contributed by atoms with E-state index >= 15 is 0 Å². The molecule has 0 aromatic heterocycles. The standard InChI is InChI=1S/C10H20O.Na.H/c1-3-5-6-7-9-10(11)8-4-2;;/h8,11H,3-7,9H2,1-2H3;;. The van der Waals surface area contributed by atoms with Crippen LogP contribution >= 0.6 is 0 Å². The van der Waals surface area contributed by atoms with Crippen LogP contribution in [0.4, 0.5) is 0 Å². The Hall–Kier alpha value is 0.540. The summed E-state index contributed by atoms with van der Waals surface area (Å²) in [4.78, 5) is 0. The summed E-state index contributed by atoms with van der Waals surface area (Å²) in [6, 6.07) is 0. The molecule has 68 valence electrons. The maximum absolute atomic E-state index is 9.21. The normalized spacial score (nSPS) is 11.0. The number of hydrogen-bond donors (Lipinski definition) is 1. The number of allylic oxidation sites excluding steroid dienone is 2. The van der Waals surface area contributed by atoms with Crippen LogP contribution in [-0.2, 0) is 0 Å². The van der Waals surface area contributed by atoms with Gasteiger partial charge in [0.25, 0.3) is 0 Å². The van der Waals surface area contributed by atoms with Crippen molar-refractivity contribution >= 4 is 29.6 Å². The van der Waals surface area contributed by atoms with Crippen molar-refractivity contribution in [2.45, 2.75) is 52.4 Å². The number of aliphatic hydroxyl groups excluding tert-OH is 1. The summed E-state index contributed by atoms with van der Waals surface area (Å²) in [6.07, 6.45) is 8.64. The van der Waals surface area contributed by atoms with E-state index in [1.54, 1.807) is 0 Å². The second-order valence-electron chi connectivity index (χ2n) is 2.91. The Morgan fingerprint density at radius 3 is 2.33 bits per heavy atom. The zero-order valence-corrected chi connectivity index (χ0v) is 7.77. The molecule has 0 unspecified atom stereocenters. The summed E-state index contributed by atoms with van der Waals surface area (Å²) in [5.41, 5.74) is 0. The molecule has 0 heterocycles. The van der Waals surface area contributed by atoms with Gasteiger partial charge in [-0.3, -0.25) is 0 Å². The Morgan fingerprint density at radius 1 is 1.17 bits per heavy atom. The number of aliphatic hydroxyl groups is 1. The van der Waals surface area contributed by atoms with Crippen LogP contribution in [0, 0.1) is 0 Å². The Balaban J connectivity index is 0. The molecule has 0 saturated heterocycles. The predicted octanol–water partition coefficient (Wildman–Crippen LogP) is 3.16. The molecular weight excluding hydrogens is 159 g/mol. The molecule has 0 spiro atoms. The second kappa shape index (κ2) is 11.5. The van der Waals surface area contributed by atoms with Gasteiger partial charge in [-0.15, -0.1) is 0 Å². The average Bonchev–Trinajstić information content (AvgIpc) is 1.99. The van der Waals surface area contributed by atoms with E-state index in [0.717, 1.165) is 19.3 Å². The van der Waals surface area contributed by atoms with Gasteiger partial charge in [0.1, 0.15) is 0 Å². The third-order valence-electron chi connectivity index (χ3n) is 1.73. The van der Waals surface area contributed by atoms with Crippen LogP contribution in [0.3, 0.4) is 0 Å². The topological polar surface area (TPSA) is 20.2 Å². The van der Waals surface area contributed by atoms with Crippen LogP contribution in [0.25, 0.3) is 0 Å². The van der Waals surface area contributed by atoms with Gasteiger partial charge in [-0.25, -0.2) is 0 Å². The molecule has 0 rings (SSSR count). The quantitative estimate of drug-likeness (QED) is 0.378. The van der Waals surface area contributed by atoms with Gasteiger partial charge in [-0.05, 0) is 18.9 Å². The van der Waals surface area contributed by atoms with Crippen LogP contribution in [0.5, 0.6) is 0 Å².